The fraction of sp³-hybridized carbons (Fsp3) is 0.571. The van der Waals surface area contributed by atoms with Crippen LogP contribution >= 0.6 is 0 Å². The van der Waals surface area contributed by atoms with Gasteiger partial charge in [0.05, 0.1) is 17.4 Å². The molecule has 1 N–H and O–H groups in total. The third kappa shape index (κ3) is 3.20. The van der Waals surface area contributed by atoms with Crippen LogP contribution in [0, 0.1) is 0 Å². The van der Waals surface area contributed by atoms with Gasteiger partial charge in [-0.15, -0.1) is 0 Å². The predicted molar refractivity (Wildman–Crippen MR) is 106 cm³/mol. The molecule has 26 heavy (non-hydrogen) atoms. The molecular weight excluding hydrogens is 322 g/mol. The number of hydrogen-bond donors (Lipinski definition) is 1. The zero-order valence-corrected chi connectivity index (χ0v) is 16.5. The minimum Gasteiger partial charge on any atom is -0.330 e. The smallest absolute Gasteiger partial charge is 0.140 e. The van der Waals surface area contributed by atoms with Crippen molar-refractivity contribution in [1.29, 1.82) is 0 Å². The van der Waals surface area contributed by atoms with E-state index in [4.69, 9.17) is 4.98 Å². The van der Waals surface area contributed by atoms with E-state index in [-0.39, 0.29) is 5.54 Å². The molecule has 140 valence electrons. The van der Waals surface area contributed by atoms with Crippen LogP contribution in [0.2, 0.25) is 0 Å². The Kier molecular flexibility index (Phi) is 4.63. The second kappa shape index (κ2) is 6.80. The van der Waals surface area contributed by atoms with Crippen molar-refractivity contribution < 1.29 is 0 Å². The van der Waals surface area contributed by atoms with Crippen molar-refractivity contribution in [3.05, 3.63) is 41.7 Å². The van der Waals surface area contributed by atoms with E-state index in [1.807, 2.05) is 0 Å². The number of fused-ring (bicyclic) bond motifs is 1. The first-order valence-corrected chi connectivity index (χ1v) is 9.76. The van der Waals surface area contributed by atoms with Crippen molar-refractivity contribution in [3.63, 3.8) is 0 Å². The number of nitrogens with one attached hydrogen (secondary N) is 1. The molecule has 3 heterocycles. The molecule has 2 aliphatic heterocycles. The Morgan fingerprint density at radius 2 is 1.73 bits per heavy atom. The summed E-state index contributed by atoms with van der Waals surface area (Å²) in [6.45, 7) is 13.3. The lowest BCUT2D eigenvalue weighted by Gasteiger charge is -2.45. The average Bonchev–Trinajstić information content (AvgIpc) is 2.99. The monoisotopic (exact) mass is 353 g/mol. The Labute approximate surface area is 157 Å². The molecule has 1 saturated heterocycles. The highest BCUT2D eigenvalue weighted by atomic mass is 15.3. The van der Waals surface area contributed by atoms with Gasteiger partial charge >= 0.3 is 0 Å². The Morgan fingerprint density at radius 3 is 2.38 bits per heavy atom. The molecule has 5 nitrogen and oxygen atoms in total. The van der Waals surface area contributed by atoms with E-state index in [0.717, 1.165) is 45.1 Å². The Hall–Kier alpha value is -1.69. The first kappa shape index (κ1) is 17.7. The van der Waals surface area contributed by atoms with Crippen LogP contribution in [0.3, 0.4) is 0 Å². The number of rotatable bonds is 2. The summed E-state index contributed by atoms with van der Waals surface area (Å²) < 4.78 is 2.27. The second-order valence-corrected chi connectivity index (χ2v) is 8.53. The summed E-state index contributed by atoms with van der Waals surface area (Å²) in [5.41, 5.74) is 4.06. The van der Waals surface area contributed by atoms with Gasteiger partial charge in [0.2, 0.25) is 0 Å². The van der Waals surface area contributed by atoms with Crippen LogP contribution in [0.4, 0.5) is 0 Å². The van der Waals surface area contributed by atoms with Gasteiger partial charge in [-0.05, 0) is 20.8 Å². The van der Waals surface area contributed by atoms with E-state index >= 15 is 0 Å². The molecule has 1 unspecified atom stereocenters. The first-order valence-electron chi connectivity index (χ1n) is 9.76. The summed E-state index contributed by atoms with van der Waals surface area (Å²) in [5.74, 6) is 1.08. The highest BCUT2D eigenvalue weighted by Gasteiger charge is 2.34. The molecule has 4 rings (SSSR count). The molecule has 2 aromatic rings. The van der Waals surface area contributed by atoms with Crippen molar-refractivity contribution in [1.82, 2.24) is 24.7 Å². The summed E-state index contributed by atoms with van der Waals surface area (Å²) in [6.07, 6.45) is 0. The molecule has 0 saturated carbocycles. The largest absolute Gasteiger partial charge is 0.330 e. The molecule has 1 fully saturated rings. The lowest BCUT2D eigenvalue weighted by atomic mass is 10.0. The van der Waals surface area contributed by atoms with Crippen LogP contribution in [0.5, 0.6) is 0 Å². The molecular formula is C21H31N5. The Balaban J connectivity index is 1.59. The summed E-state index contributed by atoms with van der Waals surface area (Å²) in [5, 5.41) is 3.62. The number of nitrogens with zero attached hydrogens (tertiary/aromatic N) is 4. The predicted octanol–water partition coefficient (Wildman–Crippen LogP) is 2.65. The SMILES string of the molecule is Cn1c(-c2ccccc2)nc2c1CNCC2N1CCN(C(C)(C)C)CC1. The van der Waals surface area contributed by atoms with Crippen molar-refractivity contribution in [2.24, 2.45) is 7.05 Å². The fourth-order valence-electron chi connectivity index (χ4n) is 4.31. The van der Waals surface area contributed by atoms with Gasteiger partial charge in [0.25, 0.3) is 0 Å². The maximum Gasteiger partial charge on any atom is 0.140 e. The van der Waals surface area contributed by atoms with Crippen LogP contribution in [0.1, 0.15) is 38.2 Å². The number of imidazole rings is 1. The number of benzene rings is 1. The first-order chi connectivity index (χ1) is 12.4. The molecule has 0 amide bonds. The average molecular weight is 354 g/mol. The van der Waals surface area contributed by atoms with Crippen LogP contribution < -0.4 is 5.32 Å². The van der Waals surface area contributed by atoms with Gasteiger partial charge in [-0.25, -0.2) is 4.98 Å². The zero-order valence-electron chi connectivity index (χ0n) is 16.5. The van der Waals surface area contributed by atoms with Gasteiger partial charge in [0, 0.05) is 57.4 Å². The molecule has 1 aromatic carbocycles. The molecule has 0 radical (unpaired) electrons. The minimum atomic E-state index is 0.257. The van der Waals surface area contributed by atoms with Gasteiger partial charge in [-0.3, -0.25) is 9.80 Å². The minimum absolute atomic E-state index is 0.257. The number of hydrogen-bond acceptors (Lipinski definition) is 4. The number of aromatic nitrogens is 2. The van der Waals surface area contributed by atoms with Gasteiger partial charge in [-0.1, -0.05) is 30.3 Å². The van der Waals surface area contributed by atoms with Crippen molar-refractivity contribution in [2.75, 3.05) is 32.7 Å². The van der Waals surface area contributed by atoms with Gasteiger partial charge in [-0.2, -0.15) is 0 Å². The third-order valence-corrected chi connectivity index (χ3v) is 5.93. The Bertz CT molecular complexity index is 751. The van der Waals surface area contributed by atoms with Crippen molar-refractivity contribution >= 4 is 0 Å². The molecule has 2 aliphatic rings. The lowest BCUT2D eigenvalue weighted by molar-refractivity contribution is 0.0389. The van der Waals surface area contributed by atoms with Crippen LogP contribution in [-0.2, 0) is 13.6 Å². The van der Waals surface area contributed by atoms with E-state index < -0.39 is 0 Å². The fourth-order valence-corrected chi connectivity index (χ4v) is 4.31. The maximum atomic E-state index is 5.11. The summed E-state index contributed by atoms with van der Waals surface area (Å²) in [7, 11) is 2.15. The second-order valence-electron chi connectivity index (χ2n) is 8.53. The lowest BCUT2D eigenvalue weighted by Crippen LogP contribution is -2.55. The quantitative estimate of drug-likeness (QED) is 0.900. The van der Waals surface area contributed by atoms with E-state index in [2.05, 4.69) is 77.8 Å². The Morgan fingerprint density at radius 1 is 1.04 bits per heavy atom. The van der Waals surface area contributed by atoms with E-state index in [9.17, 15) is 0 Å². The van der Waals surface area contributed by atoms with E-state index in [1.54, 1.807) is 0 Å². The van der Waals surface area contributed by atoms with Gasteiger partial charge in [0.1, 0.15) is 5.82 Å². The highest BCUT2D eigenvalue weighted by Crippen LogP contribution is 2.31. The van der Waals surface area contributed by atoms with Gasteiger partial charge in [0.15, 0.2) is 0 Å². The summed E-state index contributed by atoms with van der Waals surface area (Å²) >= 11 is 0. The number of piperazine rings is 1. The summed E-state index contributed by atoms with van der Waals surface area (Å²) in [4.78, 5) is 10.3. The highest BCUT2D eigenvalue weighted by molar-refractivity contribution is 5.57. The molecule has 5 heteroatoms. The molecule has 1 aromatic heterocycles. The van der Waals surface area contributed by atoms with Crippen LogP contribution in [-0.4, -0.2) is 57.6 Å². The van der Waals surface area contributed by atoms with Crippen molar-refractivity contribution in [2.45, 2.75) is 38.9 Å². The van der Waals surface area contributed by atoms with Crippen LogP contribution in [0.15, 0.2) is 30.3 Å². The zero-order chi connectivity index (χ0) is 18.3. The van der Waals surface area contributed by atoms with Crippen molar-refractivity contribution in [3.8, 4) is 11.4 Å². The van der Waals surface area contributed by atoms with E-state index in [1.165, 1.54) is 17.0 Å². The normalized spacial score (nSPS) is 22.4. The third-order valence-electron chi connectivity index (χ3n) is 5.93. The molecule has 0 aliphatic carbocycles. The van der Waals surface area contributed by atoms with Crippen LogP contribution in [0.25, 0.3) is 11.4 Å². The molecule has 1 atom stereocenters. The molecule has 0 bridgehead atoms. The maximum absolute atomic E-state index is 5.11. The summed E-state index contributed by atoms with van der Waals surface area (Å²) in [6, 6.07) is 10.9. The topological polar surface area (TPSA) is 36.3 Å². The van der Waals surface area contributed by atoms with Gasteiger partial charge < -0.3 is 9.88 Å². The van der Waals surface area contributed by atoms with E-state index in [0.29, 0.717) is 6.04 Å². The standard InChI is InChI=1S/C21H31N5/c1-21(2,3)26-12-10-25(11-13-26)18-15-22-14-17-19(18)23-20(24(17)4)16-8-6-5-7-9-16/h5-9,18,22H,10-15H2,1-4H3. The molecule has 0 spiro atoms.